The van der Waals surface area contributed by atoms with Crippen molar-refractivity contribution in [2.45, 2.75) is 58.0 Å². The summed E-state index contributed by atoms with van der Waals surface area (Å²) in [6.07, 6.45) is 5.37. The van der Waals surface area contributed by atoms with Crippen molar-refractivity contribution < 1.29 is 14.1 Å². The van der Waals surface area contributed by atoms with Crippen LogP contribution in [0.4, 0.5) is 5.69 Å². The lowest BCUT2D eigenvalue weighted by Crippen LogP contribution is -2.41. The fourth-order valence-electron chi connectivity index (χ4n) is 3.59. The predicted molar refractivity (Wildman–Crippen MR) is 95.9 cm³/mol. The van der Waals surface area contributed by atoms with Crippen LogP contribution in [0.15, 0.2) is 27.4 Å². The van der Waals surface area contributed by atoms with Gasteiger partial charge in [-0.15, -0.1) is 0 Å². The molecule has 1 aliphatic rings. The molecule has 0 unspecified atom stereocenters. The Morgan fingerprint density at radius 1 is 1.38 bits per heavy atom. The van der Waals surface area contributed by atoms with E-state index in [9.17, 15) is 19.7 Å². The fourth-order valence-corrected chi connectivity index (χ4v) is 3.59. The largest absolute Gasteiger partial charge is 0.419 e. The van der Waals surface area contributed by atoms with Crippen molar-refractivity contribution in [3.63, 3.8) is 0 Å². The van der Waals surface area contributed by atoms with Gasteiger partial charge < -0.3 is 9.73 Å². The van der Waals surface area contributed by atoms with Gasteiger partial charge in [-0.1, -0.05) is 19.8 Å². The van der Waals surface area contributed by atoms with Crippen LogP contribution in [0, 0.1) is 16.0 Å². The van der Waals surface area contributed by atoms with E-state index in [-0.39, 0.29) is 23.2 Å². The number of nitrogens with one attached hydrogen (secondary N) is 1. The molecule has 2 atom stereocenters. The Morgan fingerprint density at radius 3 is 2.88 bits per heavy atom. The molecule has 1 aromatic carbocycles. The summed E-state index contributed by atoms with van der Waals surface area (Å²) in [4.78, 5) is 34.4. The Balaban J connectivity index is 1.59. The van der Waals surface area contributed by atoms with Crippen LogP contribution < -0.4 is 11.1 Å². The molecule has 1 fully saturated rings. The molecular formula is C18H23N3O5. The molecule has 0 aliphatic heterocycles. The van der Waals surface area contributed by atoms with E-state index < -0.39 is 10.7 Å². The van der Waals surface area contributed by atoms with Crippen LogP contribution in [0.5, 0.6) is 0 Å². The van der Waals surface area contributed by atoms with Crippen LogP contribution in [0.2, 0.25) is 0 Å². The number of oxazole rings is 1. The average molecular weight is 361 g/mol. The maximum absolute atomic E-state index is 12.2. The third kappa shape index (κ3) is 3.95. The molecule has 1 saturated carbocycles. The van der Waals surface area contributed by atoms with Gasteiger partial charge in [-0.2, -0.15) is 0 Å². The van der Waals surface area contributed by atoms with Gasteiger partial charge in [0.1, 0.15) is 0 Å². The standard InChI is InChI=1S/C18H23N3O5/c1-12-5-2-3-6-14(12)19-17(22)7-4-10-20-15-9-8-13(21(24)25)11-16(15)26-18(20)23/h8-9,11-12,14H,2-7,10H2,1H3,(H,19,22)/t12-,14-/m0/s1. The van der Waals surface area contributed by atoms with Crippen molar-refractivity contribution in [2.75, 3.05) is 0 Å². The van der Waals surface area contributed by atoms with Crippen LogP contribution in [-0.4, -0.2) is 21.4 Å². The number of benzene rings is 1. The zero-order chi connectivity index (χ0) is 18.7. The van der Waals surface area contributed by atoms with Gasteiger partial charge in [0.05, 0.1) is 16.5 Å². The molecule has 1 aliphatic carbocycles. The molecular weight excluding hydrogens is 338 g/mol. The van der Waals surface area contributed by atoms with E-state index in [2.05, 4.69) is 12.2 Å². The second-order valence-corrected chi connectivity index (χ2v) is 6.97. The number of hydrogen-bond donors (Lipinski definition) is 1. The summed E-state index contributed by atoms with van der Waals surface area (Å²) in [5, 5.41) is 13.9. The summed E-state index contributed by atoms with van der Waals surface area (Å²) in [5.74, 6) is -0.0639. The first kappa shape index (κ1) is 18.2. The minimum Gasteiger partial charge on any atom is -0.407 e. The fraction of sp³-hybridized carbons (Fsp3) is 0.556. The van der Waals surface area contributed by atoms with Crippen molar-refractivity contribution in [3.8, 4) is 0 Å². The van der Waals surface area contributed by atoms with Crippen molar-refractivity contribution in [1.29, 1.82) is 0 Å². The van der Waals surface area contributed by atoms with Crippen molar-refractivity contribution in [2.24, 2.45) is 5.92 Å². The predicted octanol–water partition coefficient (Wildman–Crippen LogP) is 2.98. The number of carbonyl (C=O) groups excluding carboxylic acids is 1. The molecule has 0 radical (unpaired) electrons. The van der Waals surface area contributed by atoms with Gasteiger partial charge >= 0.3 is 5.76 Å². The quantitative estimate of drug-likeness (QED) is 0.629. The molecule has 0 spiro atoms. The van der Waals surface area contributed by atoms with Crippen molar-refractivity contribution in [1.82, 2.24) is 9.88 Å². The number of hydrogen-bond acceptors (Lipinski definition) is 5. The molecule has 8 nitrogen and oxygen atoms in total. The highest BCUT2D eigenvalue weighted by molar-refractivity contribution is 5.77. The SMILES string of the molecule is C[C@H]1CCCC[C@@H]1NC(=O)CCCn1c(=O)oc2cc([N+](=O)[O-])ccc21. The Bertz CT molecular complexity index is 869. The first-order valence-electron chi connectivity index (χ1n) is 9.03. The highest BCUT2D eigenvalue weighted by Crippen LogP contribution is 2.24. The second-order valence-electron chi connectivity index (χ2n) is 6.97. The summed E-state index contributed by atoms with van der Waals surface area (Å²) in [5.41, 5.74) is 0.561. The smallest absolute Gasteiger partial charge is 0.407 e. The molecule has 1 N–H and O–H groups in total. The van der Waals surface area contributed by atoms with E-state index in [4.69, 9.17) is 4.42 Å². The number of rotatable bonds is 6. The van der Waals surface area contributed by atoms with Gasteiger partial charge in [-0.25, -0.2) is 4.79 Å². The normalized spacial score (nSPS) is 20.2. The van der Waals surface area contributed by atoms with Gasteiger partial charge in [-0.3, -0.25) is 19.5 Å². The Hall–Kier alpha value is -2.64. The lowest BCUT2D eigenvalue weighted by atomic mass is 9.86. The van der Waals surface area contributed by atoms with Crippen molar-refractivity contribution in [3.05, 3.63) is 38.9 Å². The topological polar surface area (TPSA) is 107 Å². The molecule has 1 amide bonds. The number of nitrogens with zero attached hydrogens (tertiary/aromatic N) is 2. The van der Waals surface area contributed by atoms with Crippen LogP contribution in [-0.2, 0) is 11.3 Å². The van der Waals surface area contributed by atoms with E-state index in [1.165, 1.54) is 29.2 Å². The van der Waals surface area contributed by atoms with Gasteiger partial charge in [0.15, 0.2) is 5.58 Å². The maximum atomic E-state index is 12.2. The number of fused-ring (bicyclic) bond motifs is 1. The molecule has 26 heavy (non-hydrogen) atoms. The molecule has 2 aromatic rings. The monoisotopic (exact) mass is 361 g/mol. The Morgan fingerprint density at radius 2 is 2.15 bits per heavy atom. The van der Waals surface area contributed by atoms with E-state index >= 15 is 0 Å². The molecule has 1 heterocycles. The Labute approximate surface area is 150 Å². The van der Waals surface area contributed by atoms with Crippen LogP contribution >= 0.6 is 0 Å². The van der Waals surface area contributed by atoms with Gasteiger partial charge in [-0.05, 0) is 31.2 Å². The highest BCUT2D eigenvalue weighted by Gasteiger charge is 2.22. The Kier molecular flexibility index (Phi) is 5.39. The number of amides is 1. The molecule has 8 heteroatoms. The minimum atomic E-state index is -0.568. The summed E-state index contributed by atoms with van der Waals surface area (Å²) >= 11 is 0. The summed E-state index contributed by atoms with van der Waals surface area (Å²) < 4.78 is 6.50. The third-order valence-corrected chi connectivity index (χ3v) is 5.11. The van der Waals surface area contributed by atoms with E-state index in [1.807, 2.05) is 0 Å². The lowest BCUT2D eigenvalue weighted by Gasteiger charge is -2.29. The third-order valence-electron chi connectivity index (χ3n) is 5.11. The van der Waals surface area contributed by atoms with Crippen molar-refractivity contribution >= 4 is 22.7 Å². The lowest BCUT2D eigenvalue weighted by molar-refractivity contribution is -0.384. The number of nitro groups is 1. The summed E-state index contributed by atoms with van der Waals surface area (Å²) in [6.45, 7) is 2.50. The van der Waals surface area contributed by atoms with Crippen LogP contribution in [0.3, 0.4) is 0 Å². The van der Waals surface area contributed by atoms with E-state index in [0.717, 1.165) is 19.3 Å². The minimum absolute atomic E-state index is 0.000220. The number of aryl methyl sites for hydroxylation is 1. The molecule has 0 saturated heterocycles. The summed E-state index contributed by atoms with van der Waals surface area (Å²) in [7, 11) is 0. The number of carbonyl (C=O) groups is 1. The zero-order valence-corrected chi connectivity index (χ0v) is 14.8. The number of aromatic nitrogens is 1. The second kappa shape index (κ2) is 7.72. The highest BCUT2D eigenvalue weighted by atomic mass is 16.6. The van der Waals surface area contributed by atoms with Gasteiger partial charge in [0.25, 0.3) is 5.69 Å². The van der Waals surface area contributed by atoms with Crippen LogP contribution in [0.1, 0.15) is 45.4 Å². The molecule has 3 rings (SSSR count). The van der Waals surface area contributed by atoms with E-state index in [1.54, 1.807) is 0 Å². The summed E-state index contributed by atoms with van der Waals surface area (Å²) in [6, 6.07) is 4.33. The first-order valence-corrected chi connectivity index (χ1v) is 9.03. The van der Waals surface area contributed by atoms with Gasteiger partial charge in [0.2, 0.25) is 5.91 Å². The maximum Gasteiger partial charge on any atom is 0.419 e. The molecule has 140 valence electrons. The molecule has 1 aromatic heterocycles. The number of nitro benzene ring substituents is 1. The van der Waals surface area contributed by atoms with E-state index in [0.29, 0.717) is 30.8 Å². The van der Waals surface area contributed by atoms with Gasteiger partial charge in [0, 0.05) is 25.1 Å². The average Bonchev–Trinajstić information content (AvgIpc) is 2.91. The number of non-ortho nitro benzene ring substituents is 1. The molecule has 0 bridgehead atoms. The zero-order valence-electron chi connectivity index (χ0n) is 14.8. The van der Waals surface area contributed by atoms with Crippen LogP contribution in [0.25, 0.3) is 11.1 Å². The first-order chi connectivity index (χ1) is 12.5.